The number of nitrogens with one attached hydrogen (secondary N) is 1. The first-order valence-corrected chi connectivity index (χ1v) is 7.94. The van der Waals surface area contributed by atoms with Crippen molar-refractivity contribution < 1.29 is 4.79 Å². The highest BCUT2D eigenvalue weighted by atomic mass is 32.1. The largest absolute Gasteiger partial charge is 0.352 e. The van der Waals surface area contributed by atoms with Crippen LogP contribution in [0.2, 0.25) is 0 Å². The predicted octanol–water partition coefficient (Wildman–Crippen LogP) is 2.53. The van der Waals surface area contributed by atoms with E-state index < -0.39 is 0 Å². The van der Waals surface area contributed by atoms with Crippen molar-refractivity contribution in [2.45, 2.75) is 26.2 Å². The first-order chi connectivity index (χ1) is 9.79. The predicted molar refractivity (Wildman–Crippen MR) is 84.2 cm³/mol. The third-order valence-electron chi connectivity index (χ3n) is 3.15. The molecule has 1 N–H and O–H groups in total. The molecule has 1 saturated heterocycles. The average molecular weight is 291 g/mol. The summed E-state index contributed by atoms with van der Waals surface area (Å²) >= 11 is 1.70. The Hall–Kier alpha value is -1.62. The molecule has 0 radical (unpaired) electrons. The van der Waals surface area contributed by atoms with Crippen molar-refractivity contribution in [3.63, 3.8) is 0 Å². The maximum atomic E-state index is 11.5. The third kappa shape index (κ3) is 4.49. The van der Waals surface area contributed by atoms with E-state index in [0.29, 0.717) is 6.54 Å². The van der Waals surface area contributed by atoms with Crippen LogP contribution in [0.3, 0.4) is 0 Å². The summed E-state index contributed by atoms with van der Waals surface area (Å²) in [5, 5.41) is 6.08. The molecule has 1 amide bonds. The molecule has 1 aromatic heterocycles. The Labute approximate surface area is 124 Å². The van der Waals surface area contributed by atoms with Crippen molar-refractivity contribution in [3.8, 4) is 0 Å². The Bertz CT molecular complexity index is 487. The van der Waals surface area contributed by atoms with Gasteiger partial charge in [-0.2, -0.15) is 0 Å². The lowest BCUT2D eigenvalue weighted by Crippen LogP contribution is -2.23. The lowest BCUT2D eigenvalue weighted by atomic mass is 10.3. The van der Waals surface area contributed by atoms with Crippen molar-refractivity contribution in [2.75, 3.05) is 24.5 Å². The smallest absolute Gasteiger partial charge is 0.243 e. The van der Waals surface area contributed by atoms with Crippen molar-refractivity contribution in [1.82, 2.24) is 10.3 Å². The highest BCUT2D eigenvalue weighted by Gasteiger charge is 2.15. The zero-order valence-electron chi connectivity index (χ0n) is 11.8. The molecule has 20 heavy (non-hydrogen) atoms. The first kappa shape index (κ1) is 14.8. The van der Waals surface area contributed by atoms with Gasteiger partial charge < -0.3 is 10.2 Å². The minimum atomic E-state index is -0.0573. The fraction of sp³-hybridized carbons (Fsp3) is 0.467. The number of nitrogens with zero attached hydrogens (tertiary/aromatic N) is 2. The van der Waals surface area contributed by atoms with E-state index in [1.54, 1.807) is 17.4 Å². The van der Waals surface area contributed by atoms with E-state index in [1.807, 2.05) is 19.1 Å². The molecule has 2 heterocycles. The van der Waals surface area contributed by atoms with Crippen LogP contribution in [-0.4, -0.2) is 30.5 Å². The molecule has 0 atom stereocenters. The lowest BCUT2D eigenvalue weighted by molar-refractivity contribution is -0.116. The van der Waals surface area contributed by atoms with Gasteiger partial charge in [-0.25, -0.2) is 4.98 Å². The summed E-state index contributed by atoms with van der Waals surface area (Å²) in [6.07, 6.45) is 10.3. The minimum Gasteiger partial charge on any atom is -0.352 e. The average Bonchev–Trinajstić information content (AvgIpc) is 3.09. The molecule has 0 bridgehead atoms. The number of rotatable bonds is 6. The van der Waals surface area contributed by atoms with Gasteiger partial charge in [-0.1, -0.05) is 18.2 Å². The number of carbonyl (C=O) groups is 1. The summed E-state index contributed by atoms with van der Waals surface area (Å²) < 4.78 is 0. The van der Waals surface area contributed by atoms with Crippen LogP contribution in [0, 0.1) is 0 Å². The lowest BCUT2D eigenvalue weighted by Gasteiger charge is -2.12. The Morgan fingerprint density at radius 1 is 1.45 bits per heavy atom. The molecule has 108 valence electrons. The topological polar surface area (TPSA) is 45.2 Å². The summed E-state index contributed by atoms with van der Waals surface area (Å²) in [6, 6.07) is 0. The van der Waals surface area contributed by atoms with Crippen LogP contribution in [0.15, 0.2) is 29.7 Å². The molecule has 2 rings (SSSR count). The third-order valence-corrected chi connectivity index (χ3v) is 4.10. The van der Waals surface area contributed by atoms with Gasteiger partial charge in [-0.05, 0) is 19.8 Å². The zero-order chi connectivity index (χ0) is 14.2. The molecule has 1 aliphatic heterocycles. The second-order valence-electron chi connectivity index (χ2n) is 4.74. The van der Waals surface area contributed by atoms with Crippen LogP contribution in [0.25, 0.3) is 0 Å². The normalized spacial score (nSPS) is 15.6. The Morgan fingerprint density at radius 2 is 2.25 bits per heavy atom. The summed E-state index contributed by atoms with van der Waals surface area (Å²) in [4.78, 5) is 18.4. The standard InChI is InChI=1S/C15H21N3OS/c1-2-3-4-7-14(19)16-9-8-13-12-20-15(17-13)18-10-5-6-11-18/h2-4,7,12H,5-6,8-11H2,1H3,(H,16,19). The fourth-order valence-electron chi connectivity index (χ4n) is 2.09. The number of carbonyl (C=O) groups excluding carboxylic acids is 1. The second-order valence-corrected chi connectivity index (χ2v) is 5.58. The van der Waals surface area contributed by atoms with Gasteiger partial charge in [0.05, 0.1) is 5.69 Å². The number of hydrogen-bond acceptors (Lipinski definition) is 4. The van der Waals surface area contributed by atoms with E-state index in [2.05, 4.69) is 20.6 Å². The highest BCUT2D eigenvalue weighted by Crippen LogP contribution is 2.24. The highest BCUT2D eigenvalue weighted by molar-refractivity contribution is 7.13. The minimum absolute atomic E-state index is 0.0573. The van der Waals surface area contributed by atoms with Crippen molar-refractivity contribution in [2.24, 2.45) is 0 Å². The van der Waals surface area contributed by atoms with Crippen molar-refractivity contribution in [1.29, 1.82) is 0 Å². The zero-order valence-corrected chi connectivity index (χ0v) is 12.7. The summed E-state index contributed by atoms with van der Waals surface area (Å²) in [5.74, 6) is -0.0573. The van der Waals surface area contributed by atoms with Gasteiger partial charge in [-0.3, -0.25) is 4.79 Å². The van der Waals surface area contributed by atoms with Crippen LogP contribution < -0.4 is 10.2 Å². The van der Waals surface area contributed by atoms with Gasteiger partial charge in [0.2, 0.25) is 5.91 Å². The molecule has 0 aromatic carbocycles. The molecule has 0 aliphatic carbocycles. The molecular formula is C15H21N3OS. The molecule has 5 heteroatoms. The Morgan fingerprint density at radius 3 is 3.00 bits per heavy atom. The number of anilines is 1. The number of hydrogen-bond donors (Lipinski definition) is 1. The molecule has 1 aliphatic rings. The summed E-state index contributed by atoms with van der Waals surface area (Å²) in [5.41, 5.74) is 1.06. The van der Waals surface area contributed by atoms with E-state index in [-0.39, 0.29) is 5.91 Å². The molecule has 0 spiro atoms. The van der Waals surface area contributed by atoms with Crippen LogP contribution in [0.4, 0.5) is 5.13 Å². The summed E-state index contributed by atoms with van der Waals surface area (Å²) in [6.45, 7) is 4.80. The number of amides is 1. The van der Waals surface area contributed by atoms with Gasteiger partial charge in [0.1, 0.15) is 0 Å². The molecular weight excluding hydrogens is 270 g/mol. The Balaban J connectivity index is 1.73. The maximum Gasteiger partial charge on any atom is 0.243 e. The van der Waals surface area contributed by atoms with Crippen LogP contribution >= 0.6 is 11.3 Å². The Kier molecular flexibility index (Phi) is 5.80. The molecule has 4 nitrogen and oxygen atoms in total. The van der Waals surface area contributed by atoms with E-state index in [1.165, 1.54) is 18.9 Å². The van der Waals surface area contributed by atoms with Gasteiger partial charge >= 0.3 is 0 Å². The molecule has 0 unspecified atom stereocenters. The fourth-order valence-corrected chi connectivity index (χ4v) is 3.01. The maximum absolute atomic E-state index is 11.5. The van der Waals surface area contributed by atoms with E-state index in [0.717, 1.165) is 30.3 Å². The summed E-state index contributed by atoms with van der Waals surface area (Å²) in [7, 11) is 0. The number of allylic oxidation sites excluding steroid dienone is 3. The van der Waals surface area contributed by atoms with Gasteiger partial charge in [0, 0.05) is 37.5 Å². The molecule has 0 saturated carbocycles. The first-order valence-electron chi connectivity index (χ1n) is 7.06. The SMILES string of the molecule is CC=CC=CC(=O)NCCc1csc(N2CCCC2)n1. The molecule has 1 fully saturated rings. The van der Waals surface area contributed by atoms with Crippen LogP contribution in [0.5, 0.6) is 0 Å². The van der Waals surface area contributed by atoms with Gasteiger partial charge in [0.25, 0.3) is 0 Å². The second kappa shape index (κ2) is 7.85. The monoisotopic (exact) mass is 291 g/mol. The van der Waals surface area contributed by atoms with E-state index in [9.17, 15) is 4.79 Å². The van der Waals surface area contributed by atoms with Crippen LogP contribution in [-0.2, 0) is 11.2 Å². The van der Waals surface area contributed by atoms with E-state index in [4.69, 9.17) is 0 Å². The van der Waals surface area contributed by atoms with Gasteiger partial charge in [-0.15, -0.1) is 11.3 Å². The molecule has 1 aromatic rings. The van der Waals surface area contributed by atoms with Crippen molar-refractivity contribution in [3.05, 3.63) is 35.4 Å². The number of thiazole rings is 1. The van der Waals surface area contributed by atoms with Crippen LogP contribution in [0.1, 0.15) is 25.5 Å². The number of aromatic nitrogens is 1. The van der Waals surface area contributed by atoms with Crippen molar-refractivity contribution >= 4 is 22.4 Å². The quantitative estimate of drug-likeness (QED) is 0.647. The van der Waals surface area contributed by atoms with Gasteiger partial charge in [0.15, 0.2) is 5.13 Å². The van der Waals surface area contributed by atoms with E-state index >= 15 is 0 Å².